The molecule has 3 nitrogen and oxygen atoms in total. The summed E-state index contributed by atoms with van der Waals surface area (Å²) in [4.78, 5) is 4.63. The summed E-state index contributed by atoms with van der Waals surface area (Å²) < 4.78 is 2.09. The first-order valence-electron chi connectivity index (χ1n) is 6.22. The molecule has 2 heterocycles. The second kappa shape index (κ2) is 4.10. The number of aromatic nitrogens is 2. The molecule has 1 unspecified atom stereocenters. The summed E-state index contributed by atoms with van der Waals surface area (Å²) in [5.41, 5.74) is 3.72. The van der Waals surface area contributed by atoms with Crippen molar-refractivity contribution in [1.82, 2.24) is 9.38 Å². The van der Waals surface area contributed by atoms with E-state index in [1.165, 1.54) is 0 Å². The largest absolute Gasteiger partial charge is 0.386 e. The van der Waals surface area contributed by atoms with E-state index < -0.39 is 6.10 Å². The lowest BCUT2D eigenvalue weighted by atomic mass is 10.0. The Morgan fingerprint density at radius 3 is 2.56 bits per heavy atom. The predicted octanol–water partition coefficient (Wildman–Crippen LogP) is 3.18. The molecule has 0 saturated carbocycles. The number of para-hydroxylation sites is 2. The van der Waals surface area contributed by atoms with E-state index in [-0.39, 0.29) is 5.92 Å². The van der Waals surface area contributed by atoms with Gasteiger partial charge in [0.15, 0.2) is 0 Å². The van der Waals surface area contributed by atoms with Crippen LogP contribution in [0.5, 0.6) is 0 Å². The molecule has 18 heavy (non-hydrogen) atoms. The fourth-order valence-electron chi connectivity index (χ4n) is 2.28. The van der Waals surface area contributed by atoms with Gasteiger partial charge in [-0.25, -0.2) is 4.98 Å². The van der Waals surface area contributed by atoms with Crippen molar-refractivity contribution < 1.29 is 5.11 Å². The predicted molar refractivity (Wildman–Crippen MR) is 72.5 cm³/mol. The second-order valence-corrected chi connectivity index (χ2v) is 4.94. The second-order valence-electron chi connectivity index (χ2n) is 4.94. The Morgan fingerprint density at radius 2 is 1.78 bits per heavy atom. The standard InChI is InChI=1S/C15H16N2O/c1-10(2)15(18)14-13-8-5-9-17(13)12-7-4-3-6-11(12)16-14/h3-10,15,18H,1-2H3. The molecule has 0 aliphatic heterocycles. The maximum Gasteiger partial charge on any atom is 0.100 e. The van der Waals surface area contributed by atoms with Crippen LogP contribution >= 0.6 is 0 Å². The average molecular weight is 240 g/mol. The molecule has 0 amide bonds. The lowest BCUT2D eigenvalue weighted by Gasteiger charge is -2.16. The van der Waals surface area contributed by atoms with E-state index in [0.717, 1.165) is 22.2 Å². The molecule has 0 spiro atoms. The third-order valence-electron chi connectivity index (χ3n) is 3.31. The van der Waals surface area contributed by atoms with Crippen molar-refractivity contribution in [2.45, 2.75) is 20.0 Å². The number of rotatable bonds is 2. The first kappa shape index (κ1) is 11.2. The molecule has 0 aliphatic carbocycles. The van der Waals surface area contributed by atoms with Gasteiger partial charge in [-0.2, -0.15) is 0 Å². The van der Waals surface area contributed by atoms with E-state index in [2.05, 4.69) is 9.38 Å². The molecule has 0 radical (unpaired) electrons. The number of hydrogen-bond donors (Lipinski definition) is 1. The third-order valence-corrected chi connectivity index (χ3v) is 3.31. The Morgan fingerprint density at radius 1 is 1.06 bits per heavy atom. The Hall–Kier alpha value is -1.87. The molecular formula is C15H16N2O. The summed E-state index contributed by atoms with van der Waals surface area (Å²) in [6.07, 6.45) is 1.47. The lowest BCUT2D eigenvalue weighted by molar-refractivity contribution is 0.124. The van der Waals surface area contributed by atoms with Crippen LogP contribution in [0.2, 0.25) is 0 Å². The van der Waals surface area contributed by atoms with Gasteiger partial charge in [0.1, 0.15) is 6.10 Å². The number of nitrogens with zero attached hydrogens (tertiary/aromatic N) is 2. The van der Waals surface area contributed by atoms with Crippen LogP contribution < -0.4 is 0 Å². The minimum atomic E-state index is -0.535. The van der Waals surface area contributed by atoms with Crippen molar-refractivity contribution in [2.75, 3.05) is 0 Å². The molecule has 3 heteroatoms. The SMILES string of the molecule is CC(C)C(O)c1nc2ccccc2n2cccc12. The van der Waals surface area contributed by atoms with Gasteiger partial charge in [0.25, 0.3) is 0 Å². The van der Waals surface area contributed by atoms with Crippen LogP contribution in [0, 0.1) is 5.92 Å². The highest BCUT2D eigenvalue weighted by atomic mass is 16.3. The van der Waals surface area contributed by atoms with Gasteiger partial charge in [0.05, 0.1) is 22.2 Å². The minimum absolute atomic E-state index is 0.150. The Kier molecular flexibility index (Phi) is 2.56. The van der Waals surface area contributed by atoms with Gasteiger partial charge >= 0.3 is 0 Å². The lowest BCUT2D eigenvalue weighted by Crippen LogP contribution is -2.10. The van der Waals surface area contributed by atoms with Crippen LogP contribution in [0.15, 0.2) is 42.6 Å². The first-order chi connectivity index (χ1) is 8.68. The minimum Gasteiger partial charge on any atom is -0.386 e. The maximum absolute atomic E-state index is 10.3. The number of hydrogen-bond acceptors (Lipinski definition) is 2. The van der Waals surface area contributed by atoms with E-state index in [0.29, 0.717) is 0 Å². The molecule has 3 rings (SSSR count). The molecule has 1 atom stereocenters. The summed E-state index contributed by atoms with van der Waals surface area (Å²) >= 11 is 0. The van der Waals surface area contributed by atoms with Gasteiger partial charge in [-0.15, -0.1) is 0 Å². The van der Waals surface area contributed by atoms with Crippen molar-refractivity contribution in [3.05, 3.63) is 48.3 Å². The summed E-state index contributed by atoms with van der Waals surface area (Å²) in [6.45, 7) is 4.00. The van der Waals surface area contributed by atoms with Crippen molar-refractivity contribution in [3.63, 3.8) is 0 Å². The Labute approximate surface area is 106 Å². The molecule has 0 aliphatic rings. The van der Waals surface area contributed by atoms with Crippen molar-refractivity contribution in [3.8, 4) is 0 Å². The van der Waals surface area contributed by atoms with Crippen LogP contribution in [0.4, 0.5) is 0 Å². The smallest absolute Gasteiger partial charge is 0.100 e. The van der Waals surface area contributed by atoms with E-state index in [1.54, 1.807) is 0 Å². The van der Waals surface area contributed by atoms with E-state index in [1.807, 2.05) is 56.4 Å². The molecule has 0 saturated heterocycles. The van der Waals surface area contributed by atoms with Crippen LogP contribution in [0.3, 0.4) is 0 Å². The maximum atomic E-state index is 10.3. The van der Waals surface area contributed by atoms with Gasteiger partial charge in [-0.3, -0.25) is 0 Å². The molecule has 0 bridgehead atoms. The molecule has 0 fully saturated rings. The van der Waals surface area contributed by atoms with Gasteiger partial charge in [0, 0.05) is 6.20 Å². The van der Waals surface area contributed by atoms with Crippen molar-refractivity contribution in [1.29, 1.82) is 0 Å². The summed E-state index contributed by atoms with van der Waals surface area (Å²) in [7, 11) is 0. The van der Waals surface area contributed by atoms with Gasteiger partial charge in [0.2, 0.25) is 0 Å². The monoisotopic (exact) mass is 240 g/mol. The van der Waals surface area contributed by atoms with E-state index in [9.17, 15) is 5.11 Å². The zero-order valence-electron chi connectivity index (χ0n) is 10.5. The van der Waals surface area contributed by atoms with Crippen LogP contribution in [-0.4, -0.2) is 14.5 Å². The van der Waals surface area contributed by atoms with Gasteiger partial charge < -0.3 is 9.51 Å². The number of aliphatic hydroxyl groups is 1. The molecule has 1 aromatic carbocycles. The van der Waals surface area contributed by atoms with Crippen LogP contribution in [0.1, 0.15) is 25.6 Å². The van der Waals surface area contributed by atoms with Gasteiger partial charge in [-0.1, -0.05) is 26.0 Å². The normalized spacial score (nSPS) is 13.6. The topological polar surface area (TPSA) is 37.5 Å². The highest BCUT2D eigenvalue weighted by molar-refractivity contribution is 5.79. The molecule has 2 aromatic heterocycles. The highest BCUT2D eigenvalue weighted by Crippen LogP contribution is 2.27. The Bertz CT molecular complexity index is 700. The highest BCUT2D eigenvalue weighted by Gasteiger charge is 2.18. The zero-order valence-corrected chi connectivity index (χ0v) is 10.5. The average Bonchev–Trinajstić information content (AvgIpc) is 2.86. The van der Waals surface area contributed by atoms with Gasteiger partial charge in [-0.05, 0) is 30.2 Å². The first-order valence-corrected chi connectivity index (χ1v) is 6.22. The quantitative estimate of drug-likeness (QED) is 0.747. The van der Waals surface area contributed by atoms with Crippen molar-refractivity contribution in [2.24, 2.45) is 5.92 Å². The third kappa shape index (κ3) is 1.59. The summed E-state index contributed by atoms with van der Waals surface area (Å²) in [6, 6.07) is 12.0. The molecule has 92 valence electrons. The number of fused-ring (bicyclic) bond motifs is 3. The Balaban J connectivity index is 2.38. The molecular weight excluding hydrogens is 224 g/mol. The molecule has 1 N–H and O–H groups in total. The fourth-order valence-corrected chi connectivity index (χ4v) is 2.28. The number of aliphatic hydroxyl groups excluding tert-OH is 1. The summed E-state index contributed by atoms with van der Waals surface area (Å²) in [5.74, 6) is 0.150. The fraction of sp³-hybridized carbons (Fsp3) is 0.267. The zero-order chi connectivity index (χ0) is 12.7. The van der Waals surface area contributed by atoms with E-state index in [4.69, 9.17) is 0 Å². The summed E-state index contributed by atoms with van der Waals surface area (Å²) in [5, 5.41) is 10.3. The number of benzene rings is 1. The van der Waals surface area contributed by atoms with E-state index >= 15 is 0 Å². The van der Waals surface area contributed by atoms with Crippen LogP contribution in [0.25, 0.3) is 16.6 Å². The van der Waals surface area contributed by atoms with Crippen LogP contribution in [-0.2, 0) is 0 Å². The molecule has 3 aromatic rings. The van der Waals surface area contributed by atoms with Crippen molar-refractivity contribution >= 4 is 16.6 Å².